The van der Waals surface area contributed by atoms with E-state index in [4.69, 9.17) is 0 Å². The minimum Gasteiger partial charge on any atom is -0.330 e. The van der Waals surface area contributed by atoms with Gasteiger partial charge in [-0.25, -0.2) is 4.98 Å². The molecule has 2 aliphatic carbocycles. The van der Waals surface area contributed by atoms with E-state index < -0.39 is 0 Å². The molecule has 1 aromatic heterocycles. The molecule has 1 heterocycles. The van der Waals surface area contributed by atoms with Crippen molar-refractivity contribution in [1.29, 1.82) is 0 Å². The highest BCUT2D eigenvalue weighted by molar-refractivity contribution is 5.04. The fraction of sp³-hybridized carbons (Fsp3) is 0.824. The van der Waals surface area contributed by atoms with Gasteiger partial charge < -0.3 is 9.88 Å². The van der Waals surface area contributed by atoms with Crippen molar-refractivity contribution in [2.75, 3.05) is 0 Å². The van der Waals surface area contributed by atoms with Crippen molar-refractivity contribution in [3.8, 4) is 0 Å². The standard InChI is InChI=1S/C17H29N3/c1-16(2)7-13(8-17(3,4)11-16)19-10-15-9-18-12-20(15)14-5-6-14/h9,12-14,19H,5-8,10-11H2,1-4H3. The van der Waals surface area contributed by atoms with Gasteiger partial charge in [0.25, 0.3) is 0 Å². The van der Waals surface area contributed by atoms with Crippen LogP contribution < -0.4 is 5.32 Å². The number of nitrogens with zero attached hydrogens (tertiary/aromatic N) is 2. The Balaban J connectivity index is 1.61. The molecule has 2 fully saturated rings. The molecule has 20 heavy (non-hydrogen) atoms. The molecule has 0 unspecified atom stereocenters. The minimum atomic E-state index is 0.455. The molecule has 1 N–H and O–H groups in total. The van der Waals surface area contributed by atoms with Gasteiger partial charge in [0.1, 0.15) is 0 Å². The topological polar surface area (TPSA) is 29.9 Å². The zero-order valence-electron chi connectivity index (χ0n) is 13.4. The van der Waals surface area contributed by atoms with Crippen LogP contribution in [0, 0.1) is 10.8 Å². The Labute approximate surface area is 123 Å². The lowest BCUT2D eigenvalue weighted by molar-refractivity contribution is 0.0842. The first-order valence-corrected chi connectivity index (χ1v) is 8.09. The van der Waals surface area contributed by atoms with Gasteiger partial charge in [-0.3, -0.25) is 0 Å². The van der Waals surface area contributed by atoms with Crippen molar-refractivity contribution < 1.29 is 0 Å². The Bertz CT molecular complexity index is 452. The van der Waals surface area contributed by atoms with Gasteiger partial charge in [0.15, 0.2) is 0 Å². The fourth-order valence-electron chi connectivity index (χ4n) is 4.39. The molecule has 0 spiro atoms. The zero-order valence-corrected chi connectivity index (χ0v) is 13.4. The molecular weight excluding hydrogens is 246 g/mol. The Hall–Kier alpha value is -0.830. The molecule has 2 aliphatic rings. The van der Waals surface area contributed by atoms with Crippen LogP contribution in [0.2, 0.25) is 0 Å². The first-order chi connectivity index (χ1) is 9.35. The number of aromatic nitrogens is 2. The van der Waals surface area contributed by atoms with E-state index >= 15 is 0 Å². The summed E-state index contributed by atoms with van der Waals surface area (Å²) in [4.78, 5) is 4.33. The monoisotopic (exact) mass is 275 g/mol. The molecule has 3 rings (SSSR count). The van der Waals surface area contributed by atoms with Gasteiger partial charge in [-0.05, 0) is 42.9 Å². The maximum atomic E-state index is 4.33. The molecule has 0 bridgehead atoms. The fourth-order valence-corrected chi connectivity index (χ4v) is 4.39. The second kappa shape index (κ2) is 4.87. The first kappa shape index (κ1) is 14.1. The number of hydrogen-bond acceptors (Lipinski definition) is 2. The Kier molecular flexibility index (Phi) is 3.44. The predicted molar refractivity (Wildman–Crippen MR) is 82.5 cm³/mol. The zero-order chi connectivity index (χ0) is 14.4. The summed E-state index contributed by atoms with van der Waals surface area (Å²) in [6.45, 7) is 10.6. The molecule has 1 aromatic rings. The lowest BCUT2D eigenvalue weighted by atomic mass is 9.63. The van der Waals surface area contributed by atoms with E-state index in [1.54, 1.807) is 0 Å². The van der Waals surface area contributed by atoms with E-state index in [-0.39, 0.29) is 0 Å². The van der Waals surface area contributed by atoms with Crippen LogP contribution in [0.5, 0.6) is 0 Å². The summed E-state index contributed by atoms with van der Waals surface area (Å²) in [5, 5.41) is 3.80. The Morgan fingerprint density at radius 3 is 2.45 bits per heavy atom. The van der Waals surface area contributed by atoms with Gasteiger partial charge in [-0.1, -0.05) is 27.7 Å². The summed E-state index contributed by atoms with van der Waals surface area (Å²) < 4.78 is 2.37. The van der Waals surface area contributed by atoms with E-state index in [2.05, 4.69) is 42.6 Å². The second-order valence-electron chi connectivity index (χ2n) is 8.51. The quantitative estimate of drug-likeness (QED) is 0.903. The van der Waals surface area contributed by atoms with Crippen LogP contribution in [0.3, 0.4) is 0 Å². The first-order valence-electron chi connectivity index (χ1n) is 8.09. The highest BCUT2D eigenvalue weighted by Crippen LogP contribution is 2.45. The van der Waals surface area contributed by atoms with Gasteiger partial charge >= 0.3 is 0 Å². The summed E-state index contributed by atoms with van der Waals surface area (Å²) in [5.74, 6) is 0. The maximum Gasteiger partial charge on any atom is 0.0951 e. The summed E-state index contributed by atoms with van der Waals surface area (Å²) >= 11 is 0. The second-order valence-corrected chi connectivity index (χ2v) is 8.51. The number of nitrogens with one attached hydrogen (secondary N) is 1. The average molecular weight is 275 g/mol. The molecule has 0 aromatic carbocycles. The van der Waals surface area contributed by atoms with Crippen molar-refractivity contribution in [2.45, 2.75) is 78.4 Å². The molecule has 0 amide bonds. The largest absolute Gasteiger partial charge is 0.330 e. The summed E-state index contributed by atoms with van der Waals surface area (Å²) in [6, 6.07) is 1.37. The van der Waals surface area contributed by atoms with Crippen molar-refractivity contribution in [1.82, 2.24) is 14.9 Å². The Morgan fingerprint density at radius 2 is 1.85 bits per heavy atom. The van der Waals surface area contributed by atoms with E-state index in [1.807, 2.05) is 12.5 Å². The lowest BCUT2D eigenvalue weighted by Gasteiger charge is -2.45. The summed E-state index contributed by atoms with van der Waals surface area (Å²) in [7, 11) is 0. The minimum absolute atomic E-state index is 0.455. The van der Waals surface area contributed by atoms with Crippen LogP contribution in [0.25, 0.3) is 0 Å². The molecule has 0 radical (unpaired) electrons. The molecule has 3 nitrogen and oxygen atoms in total. The Morgan fingerprint density at radius 1 is 1.20 bits per heavy atom. The molecule has 112 valence electrons. The molecule has 2 saturated carbocycles. The van der Waals surface area contributed by atoms with Crippen molar-refractivity contribution >= 4 is 0 Å². The third-order valence-electron chi connectivity index (χ3n) is 4.81. The molecule has 0 atom stereocenters. The van der Waals surface area contributed by atoms with Crippen LogP contribution in [0.15, 0.2) is 12.5 Å². The van der Waals surface area contributed by atoms with Gasteiger partial charge in [0.2, 0.25) is 0 Å². The van der Waals surface area contributed by atoms with Crippen molar-refractivity contribution in [2.24, 2.45) is 10.8 Å². The molecule has 0 saturated heterocycles. The van der Waals surface area contributed by atoms with E-state index in [9.17, 15) is 0 Å². The van der Waals surface area contributed by atoms with Crippen molar-refractivity contribution in [3.05, 3.63) is 18.2 Å². The molecule has 0 aliphatic heterocycles. The van der Waals surface area contributed by atoms with Gasteiger partial charge in [0, 0.05) is 24.8 Å². The van der Waals surface area contributed by atoms with E-state index in [0.717, 1.165) is 12.6 Å². The van der Waals surface area contributed by atoms with Crippen LogP contribution >= 0.6 is 0 Å². The summed E-state index contributed by atoms with van der Waals surface area (Å²) in [6.07, 6.45) is 10.6. The summed E-state index contributed by atoms with van der Waals surface area (Å²) in [5.41, 5.74) is 2.26. The predicted octanol–water partition coefficient (Wildman–Crippen LogP) is 3.91. The lowest BCUT2D eigenvalue weighted by Crippen LogP contribution is -2.43. The van der Waals surface area contributed by atoms with Crippen LogP contribution in [-0.2, 0) is 6.54 Å². The average Bonchev–Trinajstić information content (AvgIpc) is 3.02. The molecule has 3 heteroatoms. The third-order valence-corrected chi connectivity index (χ3v) is 4.81. The van der Waals surface area contributed by atoms with Crippen LogP contribution in [-0.4, -0.2) is 15.6 Å². The number of rotatable bonds is 4. The van der Waals surface area contributed by atoms with Gasteiger partial charge in [-0.15, -0.1) is 0 Å². The van der Waals surface area contributed by atoms with Gasteiger partial charge in [-0.2, -0.15) is 0 Å². The van der Waals surface area contributed by atoms with Crippen LogP contribution in [0.1, 0.15) is 71.5 Å². The maximum absolute atomic E-state index is 4.33. The van der Waals surface area contributed by atoms with E-state index in [0.29, 0.717) is 16.9 Å². The van der Waals surface area contributed by atoms with E-state index in [1.165, 1.54) is 37.8 Å². The molecular formula is C17H29N3. The highest BCUT2D eigenvalue weighted by atomic mass is 15.1. The van der Waals surface area contributed by atoms with Crippen LogP contribution in [0.4, 0.5) is 0 Å². The highest BCUT2D eigenvalue weighted by Gasteiger charge is 2.38. The SMILES string of the molecule is CC1(C)CC(NCc2cncn2C2CC2)CC(C)(C)C1. The normalized spacial score (nSPS) is 25.8. The van der Waals surface area contributed by atoms with Gasteiger partial charge in [0.05, 0.1) is 12.0 Å². The number of hydrogen-bond donors (Lipinski definition) is 1. The third kappa shape index (κ3) is 3.25. The number of imidazole rings is 1. The smallest absolute Gasteiger partial charge is 0.0951 e. The van der Waals surface area contributed by atoms with Crippen molar-refractivity contribution in [3.63, 3.8) is 0 Å².